The molecule has 0 amide bonds. The van der Waals surface area contributed by atoms with Gasteiger partial charge in [-0.2, -0.15) is 4.31 Å². The first-order valence-electron chi connectivity index (χ1n) is 7.72. The van der Waals surface area contributed by atoms with E-state index in [1.165, 1.54) is 10.4 Å². The molecular weight excluding hydrogens is 374 g/mol. The van der Waals surface area contributed by atoms with Gasteiger partial charge in [0.25, 0.3) is 10.0 Å². The summed E-state index contributed by atoms with van der Waals surface area (Å²) in [4.78, 5) is 0. The first-order valence-corrected chi connectivity index (χ1v) is 11.5. The molecule has 1 aromatic rings. The fraction of sp³-hybridized carbons (Fsp3) is 0.692. The van der Waals surface area contributed by atoms with Crippen LogP contribution in [0.1, 0.15) is 37.8 Å². The average molecular weight is 398 g/mol. The van der Waals surface area contributed by atoms with E-state index in [1.807, 2.05) is 6.92 Å². The summed E-state index contributed by atoms with van der Waals surface area (Å²) < 4.78 is 50.0. The maximum absolute atomic E-state index is 12.8. The van der Waals surface area contributed by atoms with Crippen LogP contribution in [0.5, 0.6) is 0 Å². The molecule has 0 saturated carbocycles. The second-order valence-corrected chi connectivity index (χ2v) is 10.6. The monoisotopic (exact) mass is 397 g/mol. The van der Waals surface area contributed by atoms with Crippen LogP contribution in [0.3, 0.4) is 0 Å². The second-order valence-electron chi connectivity index (χ2n) is 5.65. The van der Waals surface area contributed by atoms with Crippen LogP contribution < -0.4 is 10.5 Å². The van der Waals surface area contributed by atoms with Crippen molar-refractivity contribution in [2.75, 3.05) is 26.2 Å². The highest BCUT2D eigenvalue weighted by atomic mass is 32.3. The molecule has 24 heavy (non-hydrogen) atoms. The Kier molecular flexibility index (Phi) is 6.40. The van der Waals surface area contributed by atoms with Crippen molar-refractivity contribution in [3.8, 4) is 0 Å². The van der Waals surface area contributed by atoms with Crippen LogP contribution in [0.15, 0.2) is 14.5 Å². The highest BCUT2D eigenvalue weighted by Gasteiger charge is 2.39. The summed E-state index contributed by atoms with van der Waals surface area (Å²) >= 11 is 0.697. The molecular formula is C13H23N3O5S3. The van der Waals surface area contributed by atoms with Crippen LogP contribution in [0.25, 0.3) is 0 Å². The number of nitrogens with two attached hydrogens (primary N) is 1. The summed E-state index contributed by atoms with van der Waals surface area (Å²) in [7, 11) is -7.71. The number of aliphatic hydroxyl groups is 1. The maximum Gasteiger partial charge on any atom is 0.252 e. The lowest BCUT2D eigenvalue weighted by Crippen LogP contribution is -2.43. The second kappa shape index (κ2) is 7.77. The Morgan fingerprint density at radius 1 is 1.46 bits per heavy atom. The van der Waals surface area contributed by atoms with Gasteiger partial charge in [0, 0.05) is 31.3 Å². The van der Waals surface area contributed by atoms with Gasteiger partial charge < -0.3 is 10.4 Å². The number of nitrogens with zero attached hydrogens (tertiary/aromatic N) is 1. The molecule has 1 aliphatic heterocycles. The number of primary sulfonamides is 1. The van der Waals surface area contributed by atoms with E-state index in [2.05, 4.69) is 5.32 Å². The molecule has 0 bridgehead atoms. The van der Waals surface area contributed by atoms with Gasteiger partial charge >= 0.3 is 0 Å². The van der Waals surface area contributed by atoms with E-state index in [1.54, 1.807) is 0 Å². The summed E-state index contributed by atoms with van der Waals surface area (Å²) in [6.07, 6.45) is 1.92. The maximum atomic E-state index is 12.8. The van der Waals surface area contributed by atoms with Crippen LogP contribution in [-0.2, 0) is 20.0 Å². The van der Waals surface area contributed by atoms with Crippen LogP contribution in [0, 0.1) is 0 Å². The van der Waals surface area contributed by atoms with Crippen LogP contribution in [0.4, 0.5) is 0 Å². The van der Waals surface area contributed by atoms with Crippen molar-refractivity contribution in [3.05, 3.63) is 11.6 Å². The normalized spacial score (nSPS) is 20.9. The minimum absolute atomic E-state index is 0.00518. The number of unbranched alkanes of at least 4 members (excludes halogenated alkanes) is 1. The smallest absolute Gasteiger partial charge is 0.252 e. The minimum atomic E-state index is -3.95. The van der Waals surface area contributed by atoms with Crippen molar-refractivity contribution in [3.63, 3.8) is 0 Å². The van der Waals surface area contributed by atoms with Crippen molar-refractivity contribution in [1.29, 1.82) is 0 Å². The molecule has 2 heterocycles. The molecule has 2 rings (SSSR count). The van der Waals surface area contributed by atoms with E-state index in [4.69, 9.17) is 10.2 Å². The zero-order valence-corrected chi connectivity index (χ0v) is 15.9. The standard InChI is InChI=1S/C13H23N3O5S3/c1-2-5-15-11-9-16(6-3-4-7-17)24(20,21)13-10(11)8-12(22-13)23(14,18)19/h8,11,15,17H,2-7,9H2,1H3,(H2,14,18,19)/t11-/m0/s1. The topological polar surface area (TPSA) is 130 Å². The predicted octanol–water partition coefficient (Wildman–Crippen LogP) is 0.213. The number of thiophene rings is 1. The lowest BCUT2D eigenvalue weighted by atomic mass is 10.1. The molecule has 4 N–H and O–H groups in total. The van der Waals surface area contributed by atoms with E-state index in [9.17, 15) is 16.8 Å². The number of fused-ring (bicyclic) bond motifs is 1. The van der Waals surface area contributed by atoms with Gasteiger partial charge in [0.2, 0.25) is 10.0 Å². The molecule has 0 unspecified atom stereocenters. The number of aliphatic hydroxyl groups excluding tert-OH is 1. The molecule has 1 atom stereocenters. The van der Waals surface area contributed by atoms with Crippen molar-refractivity contribution >= 4 is 31.4 Å². The molecule has 11 heteroatoms. The Balaban J connectivity index is 2.42. The molecule has 1 aromatic heterocycles. The van der Waals surface area contributed by atoms with Gasteiger partial charge in [-0.3, -0.25) is 0 Å². The lowest BCUT2D eigenvalue weighted by Gasteiger charge is -2.32. The lowest BCUT2D eigenvalue weighted by molar-refractivity contribution is 0.271. The number of sulfonamides is 2. The number of nitrogens with one attached hydrogen (secondary N) is 1. The van der Waals surface area contributed by atoms with E-state index >= 15 is 0 Å². The molecule has 1 aliphatic rings. The van der Waals surface area contributed by atoms with Crippen molar-refractivity contribution in [2.45, 2.75) is 40.6 Å². The number of hydrogen-bond acceptors (Lipinski definition) is 7. The zero-order chi connectivity index (χ0) is 18.0. The molecule has 0 aromatic carbocycles. The summed E-state index contributed by atoms with van der Waals surface area (Å²) in [6.45, 7) is 3.22. The zero-order valence-electron chi connectivity index (χ0n) is 13.4. The third-order valence-corrected chi connectivity index (χ3v) is 8.74. The quantitative estimate of drug-likeness (QED) is 0.538. The minimum Gasteiger partial charge on any atom is -0.396 e. The van der Waals surface area contributed by atoms with Crippen LogP contribution in [-0.4, -0.2) is 52.5 Å². The highest BCUT2D eigenvalue weighted by molar-refractivity contribution is 7.94. The van der Waals surface area contributed by atoms with E-state index in [-0.39, 0.29) is 34.2 Å². The van der Waals surface area contributed by atoms with Crippen molar-refractivity contribution in [1.82, 2.24) is 9.62 Å². The number of hydrogen-bond donors (Lipinski definition) is 3. The summed E-state index contributed by atoms with van der Waals surface area (Å²) in [5, 5.41) is 17.3. The number of rotatable bonds is 8. The molecule has 0 fully saturated rings. The van der Waals surface area contributed by atoms with Gasteiger partial charge in [-0.1, -0.05) is 6.92 Å². The van der Waals surface area contributed by atoms with Gasteiger partial charge in [-0.15, -0.1) is 11.3 Å². The molecule has 0 saturated heterocycles. The molecule has 138 valence electrons. The molecule has 0 radical (unpaired) electrons. The average Bonchev–Trinajstić information content (AvgIpc) is 2.95. The third-order valence-electron chi connectivity index (χ3n) is 3.77. The predicted molar refractivity (Wildman–Crippen MR) is 91.8 cm³/mol. The Morgan fingerprint density at radius 3 is 2.75 bits per heavy atom. The van der Waals surface area contributed by atoms with Crippen molar-refractivity contribution in [2.24, 2.45) is 5.14 Å². The summed E-state index contributed by atoms with van der Waals surface area (Å²) in [6, 6.07) is 1.09. The van der Waals surface area contributed by atoms with E-state index in [0.29, 0.717) is 36.3 Å². The van der Waals surface area contributed by atoms with Gasteiger partial charge in [0.1, 0.15) is 8.42 Å². The molecule has 0 spiro atoms. The van der Waals surface area contributed by atoms with Gasteiger partial charge in [-0.05, 0) is 31.9 Å². The Morgan fingerprint density at radius 2 is 2.17 bits per heavy atom. The van der Waals surface area contributed by atoms with Crippen LogP contribution in [0.2, 0.25) is 0 Å². The Hall–Kier alpha value is -0.560. The van der Waals surface area contributed by atoms with Gasteiger partial charge in [0.05, 0.1) is 0 Å². The largest absolute Gasteiger partial charge is 0.396 e. The van der Waals surface area contributed by atoms with E-state index in [0.717, 1.165) is 6.42 Å². The summed E-state index contributed by atoms with van der Waals surface area (Å²) in [5.74, 6) is 0. The fourth-order valence-corrected chi connectivity index (χ4v) is 6.88. The van der Waals surface area contributed by atoms with Crippen molar-refractivity contribution < 1.29 is 21.9 Å². The fourth-order valence-electron chi connectivity index (χ4n) is 2.57. The SMILES string of the molecule is CCCN[C@H]1CN(CCCCO)S(=O)(=O)c2sc(S(N)(=O)=O)cc21. The molecule has 0 aliphatic carbocycles. The van der Waals surface area contributed by atoms with Gasteiger partial charge in [0.15, 0.2) is 0 Å². The van der Waals surface area contributed by atoms with Gasteiger partial charge in [-0.25, -0.2) is 22.0 Å². The third kappa shape index (κ3) is 4.15. The first kappa shape index (κ1) is 19.8. The molecule has 8 nitrogen and oxygen atoms in total. The van der Waals surface area contributed by atoms with Crippen LogP contribution >= 0.6 is 11.3 Å². The Labute approximate surface area is 146 Å². The Bertz CT molecular complexity index is 773. The summed E-state index contributed by atoms with van der Waals surface area (Å²) in [5.41, 5.74) is 0.468. The first-order chi connectivity index (χ1) is 11.2. The van der Waals surface area contributed by atoms with E-state index < -0.39 is 20.0 Å². The highest BCUT2D eigenvalue weighted by Crippen LogP contribution is 2.39.